The summed E-state index contributed by atoms with van der Waals surface area (Å²) in [6.45, 7) is 8.90. The summed E-state index contributed by atoms with van der Waals surface area (Å²) in [5.41, 5.74) is 2.67. The Balaban J connectivity index is 1.30. The molecule has 2 heterocycles. The third-order valence-corrected chi connectivity index (χ3v) is 5.84. The zero-order chi connectivity index (χ0) is 22.5. The lowest BCUT2D eigenvalue weighted by molar-refractivity contribution is 0.0950. The Hall–Kier alpha value is -3.39. The Labute approximate surface area is 188 Å². The minimum absolute atomic E-state index is 0.136. The van der Waals surface area contributed by atoms with E-state index in [9.17, 15) is 4.79 Å². The average molecular weight is 435 g/mol. The van der Waals surface area contributed by atoms with Gasteiger partial charge in [-0.3, -0.25) is 14.8 Å². The first-order valence-electron chi connectivity index (χ1n) is 11.0. The predicted molar refractivity (Wildman–Crippen MR) is 125 cm³/mol. The van der Waals surface area contributed by atoms with Gasteiger partial charge in [0.15, 0.2) is 5.82 Å². The Bertz CT molecular complexity index is 1020. The van der Waals surface area contributed by atoms with E-state index in [0.717, 1.165) is 43.2 Å². The molecule has 0 spiro atoms. The Morgan fingerprint density at radius 3 is 2.38 bits per heavy atom. The van der Waals surface area contributed by atoms with Crippen molar-refractivity contribution in [1.82, 2.24) is 25.4 Å². The number of methoxy groups -OCH3 is 1. The first kappa shape index (κ1) is 21.8. The standard InChI is InChI=1S/C24H30N6O2/c1-17(2)29-12-14-30(15-13-29)20-8-4-19(5-9-20)24(31)25-16-22-26-23(28-27-22)18-6-10-21(32-3)11-7-18/h4-11,17H,12-16H2,1-3H3,(H,25,31)(H,26,27,28). The highest BCUT2D eigenvalue weighted by Crippen LogP contribution is 2.20. The summed E-state index contributed by atoms with van der Waals surface area (Å²) in [5.74, 6) is 1.83. The van der Waals surface area contributed by atoms with Crippen LogP contribution in [0.4, 0.5) is 5.69 Å². The van der Waals surface area contributed by atoms with Gasteiger partial charge in [0.05, 0.1) is 13.7 Å². The maximum Gasteiger partial charge on any atom is 0.251 e. The molecule has 32 heavy (non-hydrogen) atoms. The molecule has 1 saturated heterocycles. The maximum atomic E-state index is 12.6. The van der Waals surface area contributed by atoms with Crippen molar-refractivity contribution in [2.75, 3.05) is 38.2 Å². The number of ether oxygens (including phenoxy) is 1. The number of amides is 1. The molecule has 0 bridgehead atoms. The SMILES string of the molecule is COc1ccc(-c2n[nH]c(CNC(=O)c3ccc(N4CCN(C(C)C)CC4)cc3)n2)cc1. The second kappa shape index (κ2) is 9.82. The number of nitrogens with zero attached hydrogens (tertiary/aromatic N) is 4. The lowest BCUT2D eigenvalue weighted by Gasteiger charge is -2.38. The van der Waals surface area contributed by atoms with E-state index in [0.29, 0.717) is 23.3 Å². The summed E-state index contributed by atoms with van der Waals surface area (Å²) in [6, 6.07) is 15.9. The molecular formula is C24H30N6O2. The van der Waals surface area contributed by atoms with Crippen LogP contribution >= 0.6 is 0 Å². The number of aromatic amines is 1. The molecular weight excluding hydrogens is 404 g/mol. The van der Waals surface area contributed by atoms with Crippen molar-refractivity contribution in [1.29, 1.82) is 0 Å². The number of rotatable bonds is 7. The van der Waals surface area contributed by atoms with E-state index in [1.54, 1.807) is 7.11 Å². The van der Waals surface area contributed by atoms with Crippen LogP contribution in [0.2, 0.25) is 0 Å². The molecule has 0 atom stereocenters. The van der Waals surface area contributed by atoms with Gasteiger partial charge in [-0.1, -0.05) is 0 Å². The quantitative estimate of drug-likeness (QED) is 0.595. The largest absolute Gasteiger partial charge is 0.497 e. The van der Waals surface area contributed by atoms with Crippen molar-refractivity contribution in [3.8, 4) is 17.1 Å². The van der Waals surface area contributed by atoms with Gasteiger partial charge < -0.3 is 15.0 Å². The first-order valence-corrected chi connectivity index (χ1v) is 11.0. The minimum Gasteiger partial charge on any atom is -0.497 e. The number of piperazine rings is 1. The molecule has 1 aliphatic heterocycles. The van der Waals surface area contributed by atoms with E-state index in [1.165, 1.54) is 0 Å². The van der Waals surface area contributed by atoms with Crippen LogP contribution in [0.3, 0.4) is 0 Å². The number of anilines is 1. The number of carbonyl (C=O) groups excluding carboxylic acids is 1. The van der Waals surface area contributed by atoms with Crippen LogP contribution in [-0.4, -0.2) is 65.3 Å². The van der Waals surface area contributed by atoms with E-state index < -0.39 is 0 Å². The monoisotopic (exact) mass is 434 g/mol. The Kier molecular flexibility index (Phi) is 6.70. The lowest BCUT2D eigenvalue weighted by Crippen LogP contribution is -2.48. The molecule has 2 N–H and O–H groups in total. The van der Waals surface area contributed by atoms with Crippen molar-refractivity contribution >= 4 is 11.6 Å². The van der Waals surface area contributed by atoms with Gasteiger partial charge in [-0.2, -0.15) is 5.10 Å². The summed E-state index contributed by atoms with van der Waals surface area (Å²) < 4.78 is 5.17. The molecule has 3 aromatic rings. The average Bonchev–Trinajstić information content (AvgIpc) is 3.32. The van der Waals surface area contributed by atoms with Crippen molar-refractivity contribution in [3.05, 3.63) is 59.9 Å². The van der Waals surface area contributed by atoms with Gasteiger partial charge in [0.25, 0.3) is 5.91 Å². The summed E-state index contributed by atoms with van der Waals surface area (Å²) in [6.07, 6.45) is 0. The second-order valence-corrected chi connectivity index (χ2v) is 8.18. The fraction of sp³-hybridized carbons (Fsp3) is 0.375. The van der Waals surface area contributed by atoms with Gasteiger partial charge in [-0.15, -0.1) is 0 Å². The van der Waals surface area contributed by atoms with Crippen LogP contribution in [0.5, 0.6) is 5.75 Å². The zero-order valence-electron chi connectivity index (χ0n) is 18.8. The molecule has 0 unspecified atom stereocenters. The van der Waals surface area contributed by atoms with Crippen LogP contribution in [0.15, 0.2) is 48.5 Å². The highest BCUT2D eigenvalue weighted by atomic mass is 16.5. The smallest absolute Gasteiger partial charge is 0.251 e. The molecule has 8 heteroatoms. The topological polar surface area (TPSA) is 86.4 Å². The van der Waals surface area contributed by atoms with Gasteiger partial charge in [-0.25, -0.2) is 4.98 Å². The van der Waals surface area contributed by atoms with Crippen LogP contribution in [-0.2, 0) is 6.54 Å². The number of aromatic nitrogens is 3. The molecule has 2 aromatic carbocycles. The van der Waals surface area contributed by atoms with Crippen molar-refractivity contribution in [3.63, 3.8) is 0 Å². The number of hydrogen-bond donors (Lipinski definition) is 2. The van der Waals surface area contributed by atoms with Gasteiger partial charge in [-0.05, 0) is 62.4 Å². The molecule has 4 rings (SSSR count). The normalized spacial score (nSPS) is 14.6. The third kappa shape index (κ3) is 5.08. The third-order valence-electron chi connectivity index (χ3n) is 5.84. The van der Waals surface area contributed by atoms with Gasteiger partial charge >= 0.3 is 0 Å². The molecule has 1 fully saturated rings. The number of carbonyl (C=O) groups is 1. The molecule has 8 nitrogen and oxygen atoms in total. The van der Waals surface area contributed by atoms with Crippen LogP contribution < -0.4 is 15.0 Å². The van der Waals surface area contributed by atoms with E-state index in [2.05, 4.69) is 44.1 Å². The highest BCUT2D eigenvalue weighted by molar-refractivity contribution is 5.94. The predicted octanol–water partition coefficient (Wildman–Crippen LogP) is 2.94. The molecule has 1 amide bonds. The summed E-state index contributed by atoms with van der Waals surface area (Å²) >= 11 is 0. The second-order valence-electron chi connectivity index (χ2n) is 8.18. The Morgan fingerprint density at radius 2 is 1.75 bits per heavy atom. The Morgan fingerprint density at radius 1 is 1.06 bits per heavy atom. The number of nitrogens with one attached hydrogen (secondary N) is 2. The van der Waals surface area contributed by atoms with E-state index in [-0.39, 0.29) is 12.5 Å². The van der Waals surface area contributed by atoms with Crippen molar-refractivity contribution < 1.29 is 9.53 Å². The van der Waals surface area contributed by atoms with E-state index in [4.69, 9.17) is 4.74 Å². The van der Waals surface area contributed by atoms with Crippen molar-refractivity contribution in [2.45, 2.75) is 26.4 Å². The summed E-state index contributed by atoms with van der Waals surface area (Å²) in [4.78, 5) is 21.9. The minimum atomic E-state index is -0.136. The molecule has 168 valence electrons. The van der Waals surface area contributed by atoms with Gasteiger partial charge in [0.1, 0.15) is 11.6 Å². The van der Waals surface area contributed by atoms with Crippen LogP contribution in [0.25, 0.3) is 11.4 Å². The maximum absolute atomic E-state index is 12.6. The summed E-state index contributed by atoms with van der Waals surface area (Å²) in [5, 5.41) is 10.0. The number of H-pyrrole nitrogens is 1. The van der Waals surface area contributed by atoms with Crippen LogP contribution in [0.1, 0.15) is 30.0 Å². The molecule has 0 saturated carbocycles. The fourth-order valence-electron chi connectivity index (χ4n) is 3.83. The van der Waals surface area contributed by atoms with Crippen LogP contribution in [0, 0.1) is 0 Å². The zero-order valence-corrected chi connectivity index (χ0v) is 18.8. The number of hydrogen-bond acceptors (Lipinski definition) is 6. The first-order chi connectivity index (χ1) is 15.5. The lowest BCUT2D eigenvalue weighted by atomic mass is 10.1. The molecule has 1 aromatic heterocycles. The van der Waals surface area contributed by atoms with Gasteiger partial charge in [0, 0.05) is 49.0 Å². The van der Waals surface area contributed by atoms with Crippen molar-refractivity contribution in [2.24, 2.45) is 0 Å². The highest BCUT2D eigenvalue weighted by Gasteiger charge is 2.19. The molecule has 0 radical (unpaired) electrons. The van der Waals surface area contributed by atoms with E-state index in [1.807, 2.05) is 48.5 Å². The fourth-order valence-corrected chi connectivity index (χ4v) is 3.83. The van der Waals surface area contributed by atoms with Gasteiger partial charge in [0.2, 0.25) is 0 Å². The number of benzene rings is 2. The summed E-state index contributed by atoms with van der Waals surface area (Å²) in [7, 11) is 1.63. The van der Waals surface area contributed by atoms with E-state index >= 15 is 0 Å². The molecule has 0 aliphatic carbocycles. The molecule has 1 aliphatic rings.